The summed E-state index contributed by atoms with van der Waals surface area (Å²) in [5.41, 5.74) is 6.54. The standard InChI is InChI=1S/C12H24N2/c1-12(6-7-12)9-14-8-10-2-4-11(13)5-3-10/h10-11,14H,2-9,13H2,1H3. The highest BCUT2D eigenvalue weighted by Gasteiger charge is 2.36. The van der Waals surface area contributed by atoms with Gasteiger partial charge >= 0.3 is 0 Å². The zero-order valence-electron chi connectivity index (χ0n) is 9.39. The molecule has 3 N–H and O–H groups in total. The van der Waals surface area contributed by atoms with Crippen molar-refractivity contribution in [2.75, 3.05) is 13.1 Å². The van der Waals surface area contributed by atoms with Crippen molar-refractivity contribution in [1.82, 2.24) is 5.32 Å². The van der Waals surface area contributed by atoms with Gasteiger partial charge in [0.2, 0.25) is 0 Å². The fraction of sp³-hybridized carbons (Fsp3) is 1.00. The quantitative estimate of drug-likeness (QED) is 0.720. The van der Waals surface area contributed by atoms with Crippen LogP contribution in [0, 0.1) is 11.3 Å². The van der Waals surface area contributed by atoms with E-state index in [0.29, 0.717) is 11.5 Å². The molecule has 0 heterocycles. The lowest BCUT2D eigenvalue weighted by atomic mass is 9.86. The van der Waals surface area contributed by atoms with E-state index >= 15 is 0 Å². The Morgan fingerprint density at radius 3 is 2.43 bits per heavy atom. The topological polar surface area (TPSA) is 38.0 Å². The highest BCUT2D eigenvalue weighted by molar-refractivity contribution is 4.90. The Hall–Kier alpha value is -0.0800. The molecule has 0 aromatic rings. The highest BCUT2D eigenvalue weighted by atomic mass is 14.9. The third-order valence-electron chi connectivity index (χ3n) is 3.98. The van der Waals surface area contributed by atoms with Crippen molar-refractivity contribution in [3.8, 4) is 0 Å². The summed E-state index contributed by atoms with van der Waals surface area (Å²) >= 11 is 0. The molecule has 82 valence electrons. The summed E-state index contributed by atoms with van der Waals surface area (Å²) in [6, 6.07) is 0.493. The molecule has 2 aliphatic rings. The van der Waals surface area contributed by atoms with Crippen molar-refractivity contribution in [3.63, 3.8) is 0 Å². The van der Waals surface area contributed by atoms with Gasteiger partial charge in [0, 0.05) is 12.6 Å². The lowest BCUT2D eigenvalue weighted by Crippen LogP contribution is -2.33. The number of nitrogens with one attached hydrogen (secondary N) is 1. The minimum absolute atomic E-state index is 0.493. The number of hydrogen-bond acceptors (Lipinski definition) is 2. The smallest absolute Gasteiger partial charge is 0.00390 e. The van der Waals surface area contributed by atoms with E-state index in [2.05, 4.69) is 12.2 Å². The maximum atomic E-state index is 5.88. The summed E-state index contributed by atoms with van der Waals surface area (Å²) in [5, 5.41) is 3.63. The molecule has 2 fully saturated rings. The van der Waals surface area contributed by atoms with Crippen LogP contribution in [-0.4, -0.2) is 19.1 Å². The number of rotatable bonds is 4. The lowest BCUT2D eigenvalue weighted by Gasteiger charge is -2.26. The van der Waals surface area contributed by atoms with Crippen molar-refractivity contribution >= 4 is 0 Å². The van der Waals surface area contributed by atoms with Gasteiger partial charge in [-0.25, -0.2) is 0 Å². The molecule has 2 saturated carbocycles. The molecule has 2 nitrogen and oxygen atoms in total. The monoisotopic (exact) mass is 196 g/mol. The minimum Gasteiger partial charge on any atom is -0.328 e. The zero-order chi connectivity index (χ0) is 10.0. The van der Waals surface area contributed by atoms with Crippen LogP contribution in [0.1, 0.15) is 45.4 Å². The van der Waals surface area contributed by atoms with Gasteiger partial charge in [-0.1, -0.05) is 6.92 Å². The van der Waals surface area contributed by atoms with E-state index in [1.54, 1.807) is 0 Å². The second kappa shape index (κ2) is 4.19. The van der Waals surface area contributed by atoms with Gasteiger partial charge in [-0.3, -0.25) is 0 Å². The minimum atomic E-state index is 0.493. The Balaban J connectivity index is 1.57. The molecule has 2 rings (SSSR count). The third-order valence-corrected chi connectivity index (χ3v) is 3.98. The first-order chi connectivity index (χ1) is 6.68. The molecule has 2 aliphatic carbocycles. The summed E-state index contributed by atoms with van der Waals surface area (Å²) in [6.45, 7) is 4.84. The van der Waals surface area contributed by atoms with E-state index in [0.717, 1.165) is 5.92 Å². The SMILES string of the molecule is CC1(CNCC2CCC(N)CC2)CC1. The Labute approximate surface area is 87.6 Å². The Morgan fingerprint density at radius 1 is 1.21 bits per heavy atom. The summed E-state index contributed by atoms with van der Waals surface area (Å²) in [6.07, 6.45) is 8.01. The third kappa shape index (κ3) is 2.96. The van der Waals surface area contributed by atoms with Crippen LogP contribution in [0.25, 0.3) is 0 Å². The van der Waals surface area contributed by atoms with Gasteiger partial charge in [0.1, 0.15) is 0 Å². The number of nitrogens with two attached hydrogens (primary N) is 1. The first kappa shape index (κ1) is 10.4. The van der Waals surface area contributed by atoms with E-state index in [1.807, 2.05) is 0 Å². The molecule has 0 atom stereocenters. The molecule has 0 aromatic carbocycles. The van der Waals surface area contributed by atoms with E-state index in [9.17, 15) is 0 Å². The van der Waals surface area contributed by atoms with Crippen molar-refractivity contribution in [1.29, 1.82) is 0 Å². The largest absolute Gasteiger partial charge is 0.328 e. The average molecular weight is 196 g/mol. The van der Waals surface area contributed by atoms with Crippen LogP contribution >= 0.6 is 0 Å². The van der Waals surface area contributed by atoms with Crippen LogP contribution in [0.4, 0.5) is 0 Å². The molecule has 0 radical (unpaired) electrons. The molecule has 0 amide bonds. The molecule has 0 saturated heterocycles. The van der Waals surface area contributed by atoms with Gasteiger partial charge in [-0.05, 0) is 56.4 Å². The maximum absolute atomic E-state index is 5.88. The summed E-state index contributed by atoms with van der Waals surface area (Å²) in [7, 11) is 0. The van der Waals surface area contributed by atoms with Gasteiger partial charge < -0.3 is 11.1 Å². The van der Waals surface area contributed by atoms with Gasteiger partial charge in [0.25, 0.3) is 0 Å². The zero-order valence-corrected chi connectivity index (χ0v) is 9.39. The van der Waals surface area contributed by atoms with Crippen LogP contribution in [0.15, 0.2) is 0 Å². The second-order valence-corrected chi connectivity index (χ2v) is 5.72. The molecule has 0 bridgehead atoms. The fourth-order valence-corrected chi connectivity index (χ4v) is 2.36. The maximum Gasteiger partial charge on any atom is 0.00390 e. The Bertz CT molecular complexity index is 179. The molecule has 0 spiro atoms. The molecule has 2 heteroatoms. The van der Waals surface area contributed by atoms with Crippen molar-refractivity contribution in [2.45, 2.75) is 51.5 Å². The molecular weight excluding hydrogens is 172 g/mol. The Morgan fingerprint density at radius 2 is 1.86 bits per heavy atom. The first-order valence-corrected chi connectivity index (χ1v) is 6.14. The number of hydrogen-bond donors (Lipinski definition) is 2. The predicted octanol–water partition coefficient (Wildman–Crippen LogP) is 1.89. The predicted molar refractivity (Wildman–Crippen MR) is 60.1 cm³/mol. The first-order valence-electron chi connectivity index (χ1n) is 6.14. The van der Waals surface area contributed by atoms with Crippen LogP contribution in [0.5, 0.6) is 0 Å². The van der Waals surface area contributed by atoms with Crippen LogP contribution < -0.4 is 11.1 Å². The lowest BCUT2D eigenvalue weighted by molar-refractivity contribution is 0.307. The molecule has 0 aliphatic heterocycles. The van der Waals surface area contributed by atoms with Crippen molar-refractivity contribution in [2.24, 2.45) is 17.1 Å². The van der Waals surface area contributed by atoms with Crippen LogP contribution in [0.2, 0.25) is 0 Å². The molecule has 0 aromatic heterocycles. The summed E-state index contributed by atoms with van der Waals surface area (Å²) < 4.78 is 0. The van der Waals surface area contributed by atoms with Crippen molar-refractivity contribution in [3.05, 3.63) is 0 Å². The van der Waals surface area contributed by atoms with Gasteiger partial charge in [-0.2, -0.15) is 0 Å². The van der Waals surface area contributed by atoms with Gasteiger partial charge in [0.05, 0.1) is 0 Å². The average Bonchev–Trinajstić information content (AvgIpc) is 2.88. The van der Waals surface area contributed by atoms with E-state index in [4.69, 9.17) is 5.73 Å². The normalized spacial score (nSPS) is 35.6. The summed E-state index contributed by atoms with van der Waals surface area (Å²) in [5.74, 6) is 0.900. The van der Waals surface area contributed by atoms with Crippen LogP contribution in [0.3, 0.4) is 0 Å². The summed E-state index contributed by atoms with van der Waals surface area (Å²) in [4.78, 5) is 0. The highest BCUT2D eigenvalue weighted by Crippen LogP contribution is 2.44. The van der Waals surface area contributed by atoms with Crippen LogP contribution in [-0.2, 0) is 0 Å². The van der Waals surface area contributed by atoms with E-state index < -0.39 is 0 Å². The van der Waals surface area contributed by atoms with Gasteiger partial charge in [0.15, 0.2) is 0 Å². The second-order valence-electron chi connectivity index (χ2n) is 5.72. The molecule has 0 unspecified atom stereocenters. The molecule has 14 heavy (non-hydrogen) atoms. The Kier molecular flexibility index (Phi) is 3.13. The van der Waals surface area contributed by atoms with Gasteiger partial charge in [-0.15, -0.1) is 0 Å². The fourth-order valence-electron chi connectivity index (χ4n) is 2.36. The van der Waals surface area contributed by atoms with Crippen molar-refractivity contribution < 1.29 is 0 Å². The van der Waals surface area contributed by atoms with E-state index in [1.165, 1.54) is 51.6 Å². The molecular formula is C12H24N2. The van der Waals surface area contributed by atoms with E-state index in [-0.39, 0.29) is 0 Å².